The molecule has 156 valence electrons. The zero-order chi connectivity index (χ0) is 21.7. The number of carbonyl (C=O) groups is 2. The van der Waals surface area contributed by atoms with Crippen LogP contribution >= 0.6 is 0 Å². The van der Waals surface area contributed by atoms with Crippen LogP contribution in [0.4, 0.5) is 4.39 Å². The lowest BCUT2D eigenvalue weighted by molar-refractivity contribution is 0.0955. The summed E-state index contributed by atoms with van der Waals surface area (Å²) in [5.41, 5.74) is 8.83. The molecule has 2 atom stereocenters. The van der Waals surface area contributed by atoms with Gasteiger partial charge < -0.3 is 20.7 Å². The molecule has 2 amide bonds. The highest BCUT2D eigenvalue weighted by Crippen LogP contribution is 2.45. The van der Waals surface area contributed by atoms with Gasteiger partial charge in [0.25, 0.3) is 11.8 Å². The third kappa shape index (κ3) is 4.00. The van der Waals surface area contributed by atoms with Crippen LogP contribution in [0.15, 0.2) is 59.6 Å². The molecule has 0 aliphatic carbocycles. The number of ether oxygens (including phenoxy) is 1. The molecule has 0 spiro atoms. The summed E-state index contributed by atoms with van der Waals surface area (Å²) in [4.78, 5) is 25.3. The largest absolute Gasteiger partial charge is 0.486 e. The maximum absolute atomic E-state index is 13.8. The summed E-state index contributed by atoms with van der Waals surface area (Å²) in [6.45, 7) is -0.754. The van der Waals surface area contributed by atoms with E-state index in [9.17, 15) is 14.0 Å². The van der Waals surface area contributed by atoms with Gasteiger partial charge in [0.15, 0.2) is 5.82 Å². The van der Waals surface area contributed by atoms with E-state index in [0.29, 0.717) is 5.56 Å². The van der Waals surface area contributed by atoms with Crippen LogP contribution in [-0.2, 0) is 0 Å². The molecule has 2 aromatic rings. The van der Waals surface area contributed by atoms with Crippen molar-refractivity contribution < 1.29 is 18.7 Å². The van der Waals surface area contributed by atoms with Gasteiger partial charge >= 0.3 is 0 Å². The Balaban J connectivity index is 2.12. The molecule has 3 rings (SSSR count). The number of benzene rings is 2. The monoisotopic (exact) mass is 411 g/mol. The number of nitrogens with zero attached hydrogens (tertiary/aromatic N) is 1. The molecule has 30 heavy (non-hydrogen) atoms. The van der Waals surface area contributed by atoms with Crippen molar-refractivity contribution in [2.24, 2.45) is 5.11 Å². The zero-order valence-corrected chi connectivity index (χ0v) is 16.5. The molecule has 0 fully saturated rings. The number of alkyl halides is 1. The lowest BCUT2D eigenvalue weighted by Gasteiger charge is -2.16. The van der Waals surface area contributed by atoms with Gasteiger partial charge in [-0.3, -0.25) is 9.59 Å². The minimum absolute atomic E-state index is 0.00184. The van der Waals surface area contributed by atoms with E-state index >= 15 is 0 Å². The Kier molecular flexibility index (Phi) is 6.41. The Labute approximate surface area is 173 Å². The molecular formula is C21H22FN5O3. The third-order valence-corrected chi connectivity index (χ3v) is 4.78. The molecule has 0 bridgehead atoms. The Bertz CT molecular complexity index is 994. The van der Waals surface area contributed by atoms with Gasteiger partial charge in [-0.25, -0.2) is 9.92 Å². The summed E-state index contributed by atoms with van der Waals surface area (Å²) in [5.74, 6) is -1.23. The number of halogens is 1. The molecule has 1 aliphatic heterocycles. The van der Waals surface area contributed by atoms with E-state index in [1.54, 1.807) is 13.1 Å². The second-order valence-corrected chi connectivity index (χ2v) is 6.60. The lowest BCUT2D eigenvalue weighted by Crippen LogP contribution is -2.24. The van der Waals surface area contributed by atoms with E-state index in [2.05, 4.69) is 21.1 Å². The third-order valence-electron chi connectivity index (χ3n) is 4.78. The number of amides is 2. The quantitative estimate of drug-likeness (QED) is 0.524. The lowest BCUT2D eigenvalue weighted by atomic mass is 9.86. The highest BCUT2D eigenvalue weighted by molar-refractivity contribution is 6.02. The van der Waals surface area contributed by atoms with Crippen LogP contribution in [-0.4, -0.2) is 38.7 Å². The van der Waals surface area contributed by atoms with Gasteiger partial charge in [-0.1, -0.05) is 30.3 Å². The predicted molar refractivity (Wildman–Crippen MR) is 108 cm³/mol. The molecule has 8 nitrogen and oxygen atoms in total. The minimum atomic E-state index is -0.813. The summed E-state index contributed by atoms with van der Waals surface area (Å²) in [5, 5.41) is 10.9. The fourth-order valence-electron chi connectivity index (χ4n) is 3.46. The first-order chi connectivity index (χ1) is 14.5. The van der Waals surface area contributed by atoms with Crippen LogP contribution in [0.1, 0.15) is 37.8 Å². The molecule has 2 aromatic carbocycles. The average Bonchev–Trinajstić information content (AvgIpc) is 3.16. The van der Waals surface area contributed by atoms with Crippen LogP contribution in [0.2, 0.25) is 0 Å². The number of fused-ring (bicyclic) bond motifs is 1. The fourth-order valence-corrected chi connectivity index (χ4v) is 3.46. The molecule has 1 unspecified atom stereocenters. The van der Waals surface area contributed by atoms with Gasteiger partial charge in [0, 0.05) is 31.4 Å². The SMILES string of the molecule is CN/C=C(\N=N)NC(=O)c1cc(C(=O)NC)c2c(c1)[C@H](c1ccccc1)C(CF)O2. The Morgan fingerprint density at radius 2 is 1.93 bits per heavy atom. The summed E-state index contributed by atoms with van der Waals surface area (Å²) < 4.78 is 19.6. The molecular weight excluding hydrogens is 389 g/mol. The first kappa shape index (κ1) is 21.0. The van der Waals surface area contributed by atoms with Crippen LogP contribution < -0.4 is 20.7 Å². The fraction of sp³-hybridized carbons (Fsp3) is 0.238. The maximum atomic E-state index is 13.8. The van der Waals surface area contributed by atoms with Crippen molar-refractivity contribution in [3.8, 4) is 5.75 Å². The van der Waals surface area contributed by atoms with Crippen LogP contribution in [0.5, 0.6) is 5.75 Å². The highest BCUT2D eigenvalue weighted by Gasteiger charge is 2.39. The van der Waals surface area contributed by atoms with E-state index in [1.165, 1.54) is 19.3 Å². The highest BCUT2D eigenvalue weighted by atomic mass is 19.1. The second kappa shape index (κ2) is 9.17. The van der Waals surface area contributed by atoms with Crippen molar-refractivity contribution in [2.75, 3.05) is 20.8 Å². The molecule has 0 saturated heterocycles. The van der Waals surface area contributed by atoms with E-state index in [0.717, 1.165) is 5.56 Å². The molecule has 9 heteroatoms. The first-order valence-corrected chi connectivity index (χ1v) is 9.27. The summed E-state index contributed by atoms with van der Waals surface area (Å²) in [6.07, 6.45) is 0.541. The number of carbonyl (C=O) groups excluding carboxylic acids is 2. The topological polar surface area (TPSA) is 116 Å². The molecule has 4 N–H and O–H groups in total. The van der Waals surface area contributed by atoms with Gasteiger partial charge in [0.2, 0.25) is 0 Å². The molecule has 0 aromatic heterocycles. The Hall–Kier alpha value is -3.75. The molecule has 1 aliphatic rings. The number of hydrogen-bond acceptors (Lipinski definition) is 6. The Morgan fingerprint density at radius 1 is 1.20 bits per heavy atom. The van der Waals surface area contributed by atoms with E-state index < -0.39 is 30.5 Å². The number of rotatable bonds is 7. The Morgan fingerprint density at radius 3 is 2.53 bits per heavy atom. The summed E-state index contributed by atoms with van der Waals surface area (Å²) >= 11 is 0. The molecule has 0 radical (unpaired) electrons. The summed E-state index contributed by atoms with van der Waals surface area (Å²) in [7, 11) is 3.07. The number of hydrogen-bond donors (Lipinski definition) is 4. The van der Waals surface area contributed by atoms with Gasteiger partial charge in [-0.2, -0.15) is 0 Å². The van der Waals surface area contributed by atoms with E-state index in [-0.39, 0.29) is 22.7 Å². The van der Waals surface area contributed by atoms with E-state index in [4.69, 9.17) is 10.3 Å². The van der Waals surface area contributed by atoms with Crippen LogP contribution in [0.3, 0.4) is 0 Å². The normalized spacial score (nSPS) is 17.5. The minimum Gasteiger partial charge on any atom is -0.486 e. The van der Waals surface area contributed by atoms with Gasteiger partial charge in [0.1, 0.15) is 18.5 Å². The van der Waals surface area contributed by atoms with Crippen molar-refractivity contribution in [1.29, 1.82) is 5.53 Å². The smallest absolute Gasteiger partial charge is 0.256 e. The maximum Gasteiger partial charge on any atom is 0.256 e. The van der Waals surface area contributed by atoms with E-state index in [1.807, 2.05) is 30.3 Å². The first-order valence-electron chi connectivity index (χ1n) is 9.27. The average molecular weight is 411 g/mol. The van der Waals surface area contributed by atoms with Gasteiger partial charge in [-0.05, 0) is 17.7 Å². The molecule has 1 heterocycles. The van der Waals surface area contributed by atoms with Crippen molar-refractivity contribution >= 4 is 11.8 Å². The van der Waals surface area contributed by atoms with Gasteiger partial charge in [0.05, 0.1) is 11.5 Å². The standard InChI is InChI=1S/C21H22FN5O3/c1-24-11-17(27-23)26-20(28)13-8-14-18(12-6-4-3-5-7-12)16(10-22)30-19(14)15(9-13)21(29)25-2/h3-9,11,16,18,23-24H,10H2,1-2H3,(H,25,29)(H,26,28)/b17-11-,27-23?/t16?,18-/m0/s1. The van der Waals surface area contributed by atoms with Crippen molar-refractivity contribution in [2.45, 2.75) is 12.0 Å². The molecule has 0 saturated carbocycles. The van der Waals surface area contributed by atoms with Gasteiger partial charge in [-0.15, -0.1) is 5.11 Å². The predicted octanol–water partition coefficient (Wildman–Crippen LogP) is 2.69. The van der Waals surface area contributed by atoms with Crippen LogP contribution in [0, 0.1) is 5.53 Å². The second-order valence-electron chi connectivity index (χ2n) is 6.60. The van der Waals surface area contributed by atoms with Crippen molar-refractivity contribution in [3.63, 3.8) is 0 Å². The zero-order valence-electron chi connectivity index (χ0n) is 16.5. The van der Waals surface area contributed by atoms with Crippen LogP contribution in [0.25, 0.3) is 0 Å². The van der Waals surface area contributed by atoms with Crippen molar-refractivity contribution in [1.82, 2.24) is 16.0 Å². The summed E-state index contributed by atoms with van der Waals surface area (Å²) in [6, 6.07) is 12.2. The number of nitrogens with one attached hydrogen (secondary N) is 4. The van der Waals surface area contributed by atoms with Crippen molar-refractivity contribution in [3.05, 3.63) is 76.7 Å².